The molecule has 0 amide bonds. The first-order chi connectivity index (χ1) is 9.67. The molecule has 3 aromatic rings. The Labute approximate surface area is 123 Å². The molecule has 0 unspecified atom stereocenters. The topological polar surface area (TPSA) is 14.2 Å². The molecule has 1 heterocycles. The van der Waals surface area contributed by atoms with Crippen molar-refractivity contribution in [1.29, 1.82) is 0 Å². The molecule has 20 heavy (non-hydrogen) atoms. The molecular weight excluding hydrogens is 270 g/mol. The maximum atomic E-state index is 5.93. The lowest BCUT2D eigenvalue weighted by Gasteiger charge is -2.06. The normalized spacial score (nSPS) is 10.9. The van der Waals surface area contributed by atoms with Crippen LogP contribution in [0.1, 0.15) is 11.1 Å². The Morgan fingerprint density at radius 3 is 2.55 bits per heavy atom. The first-order valence-electron chi connectivity index (χ1n) is 6.55. The lowest BCUT2D eigenvalue weighted by Crippen LogP contribution is -1.97. The van der Waals surface area contributed by atoms with E-state index in [1.165, 1.54) is 22.0 Å². The SMILES string of the molecule is COc1ccc2c(c1)c(C)cn2Cc1ccc(Cl)cc1. The molecule has 2 nitrogen and oxygen atoms in total. The van der Waals surface area contributed by atoms with Gasteiger partial charge in [0.15, 0.2) is 0 Å². The predicted molar refractivity (Wildman–Crippen MR) is 83.8 cm³/mol. The molecule has 102 valence electrons. The summed E-state index contributed by atoms with van der Waals surface area (Å²) in [6.45, 7) is 2.97. The summed E-state index contributed by atoms with van der Waals surface area (Å²) in [6, 6.07) is 14.2. The highest BCUT2D eigenvalue weighted by Gasteiger charge is 2.07. The summed E-state index contributed by atoms with van der Waals surface area (Å²) in [6.07, 6.45) is 2.18. The van der Waals surface area contributed by atoms with Crippen molar-refractivity contribution in [2.75, 3.05) is 7.11 Å². The largest absolute Gasteiger partial charge is 0.497 e. The van der Waals surface area contributed by atoms with E-state index in [0.29, 0.717) is 0 Å². The van der Waals surface area contributed by atoms with Crippen LogP contribution in [0.25, 0.3) is 10.9 Å². The summed E-state index contributed by atoms with van der Waals surface area (Å²) < 4.78 is 7.55. The van der Waals surface area contributed by atoms with Crippen LogP contribution in [0.5, 0.6) is 5.75 Å². The second kappa shape index (κ2) is 5.22. The minimum absolute atomic E-state index is 0.770. The molecule has 0 saturated heterocycles. The first-order valence-corrected chi connectivity index (χ1v) is 6.93. The van der Waals surface area contributed by atoms with Crippen LogP contribution in [-0.2, 0) is 6.54 Å². The number of hydrogen-bond donors (Lipinski definition) is 0. The number of hydrogen-bond acceptors (Lipinski definition) is 1. The van der Waals surface area contributed by atoms with E-state index in [4.69, 9.17) is 16.3 Å². The summed E-state index contributed by atoms with van der Waals surface area (Å²) in [7, 11) is 1.70. The number of nitrogens with zero attached hydrogens (tertiary/aromatic N) is 1. The van der Waals surface area contributed by atoms with Crippen LogP contribution in [0.15, 0.2) is 48.7 Å². The van der Waals surface area contributed by atoms with Gasteiger partial charge in [-0.05, 0) is 48.4 Å². The third kappa shape index (κ3) is 2.39. The molecule has 0 radical (unpaired) electrons. The van der Waals surface area contributed by atoms with E-state index in [0.717, 1.165) is 17.3 Å². The number of aromatic nitrogens is 1. The molecule has 0 bridgehead atoms. The van der Waals surface area contributed by atoms with Gasteiger partial charge in [-0.25, -0.2) is 0 Å². The third-order valence-electron chi connectivity index (χ3n) is 3.55. The Morgan fingerprint density at radius 2 is 1.85 bits per heavy atom. The van der Waals surface area contributed by atoms with Crippen molar-refractivity contribution in [1.82, 2.24) is 4.57 Å². The molecule has 0 atom stereocenters. The van der Waals surface area contributed by atoms with Crippen molar-refractivity contribution in [3.8, 4) is 5.75 Å². The van der Waals surface area contributed by atoms with Gasteiger partial charge >= 0.3 is 0 Å². The van der Waals surface area contributed by atoms with Crippen LogP contribution < -0.4 is 4.74 Å². The molecule has 0 aliphatic rings. The molecule has 2 aromatic carbocycles. The summed E-state index contributed by atoms with van der Waals surface area (Å²) >= 11 is 5.93. The van der Waals surface area contributed by atoms with Crippen LogP contribution in [0.2, 0.25) is 5.02 Å². The Kier molecular flexibility index (Phi) is 3.41. The standard InChI is InChI=1S/C17H16ClNO/c1-12-10-19(11-13-3-5-14(18)6-4-13)17-8-7-15(20-2)9-16(12)17/h3-10H,11H2,1-2H3. The summed E-state index contributed by atoms with van der Waals surface area (Å²) in [4.78, 5) is 0. The maximum Gasteiger partial charge on any atom is 0.119 e. The van der Waals surface area contributed by atoms with Crippen molar-refractivity contribution >= 4 is 22.5 Å². The van der Waals surface area contributed by atoms with Crippen LogP contribution in [-0.4, -0.2) is 11.7 Å². The zero-order valence-corrected chi connectivity index (χ0v) is 12.3. The lowest BCUT2D eigenvalue weighted by molar-refractivity contribution is 0.415. The van der Waals surface area contributed by atoms with Gasteiger partial charge < -0.3 is 9.30 Å². The van der Waals surface area contributed by atoms with Crippen molar-refractivity contribution in [2.24, 2.45) is 0 Å². The van der Waals surface area contributed by atoms with Gasteiger partial charge in [0, 0.05) is 28.7 Å². The molecule has 0 aliphatic heterocycles. The highest BCUT2D eigenvalue weighted by molar-refractivity contribution is 6.30. The number of benzene rings is 2. The number of halogens is 1. The van der Waals surface area contributed by atoms with E-state index in [1.807, 2.05) is 18.2 Å². The maximum absolute atomic E-state index is 5.93. The molecule has 0 fully saturated rings. The zero-order valence-electron chi connectivity index (χ0n) is 11.6. The Morgan fingerprint density at radius 1 is 1.10 bits per heavy atom. The minimum atomic E-state index is 0.770. The molecule has 0 N–H and O–H groups in total. The summed E-state index contributed by atoms with van der Waals surface area (Å²) in [5.41, 5.74) is 3.72. The van der Waals surface area contributed by atoms with Crippen molar-refractivity contribution in [3.63, 3.8) is 0 Å². The van der Waals surface area contributed by atoms with Gasteiger partial charge in [0.1, 0.15) is 5.75 Å². The molecule has 3 heteroatoms. The van der Waals surface area contributed by atoms with Crippen LogP contribution in [0.3, 0.4) is 0 Å². The van der Waals surface area contributed by atoms with E-state index in [-0.39, 0.29) is 0 Å². The number of fused-ring (bicyclic) bond motifs is 1. The molecule has 3 rings (SSSR count). The second-order valence-corrected chi connectivity index (χ2v) is 5.39. The molecular formula is C17H16ClNO. The summed E-state index contributed by atoms with van der Waals surface area (Å²) in [5.74, 6) is 0.893. The summed E-state index contributed by atoms with van der Waals surface area (Å²) in [5, 5.41) is 2.00. The lowest BCUT2D eigenvalue weighted by atomic mass is 10.2. The smallest absolute Gasteiger partial charge is 0.119 e. The van der Waals surface area contributed by atoms with E-state index in [1.54, 1.807) is 7.11 Å². The Bertz CT molecular complexity index is 744. The zero-order chi connectivity index (χ0) is 14.1. The first kappa shape index (κ1) is 13.1. The van der Waals surface area contributed by atoms with Gasteiger partial charge in [-0.1, -0.05) is 23.7 Å². The molecule has 0 aliphatic carbocycles. The number of aryl methyl sites for hydroxylation is 1. The molecule has 1 aromatic heterocycles. The quantitative estimate of drug-likeness (QED) is 0.683. The van der Waals surface area contributed by atoms with E-state index in [2.05, 4.69) is 42.0 Å². The van der Waals surface area contributed by atoms with Gasteiger partial charge in [0.2, 0.25) is 0 Å². The number of ether oxygens (including phenoxy) is 1. The fourth-order valence-electron chi connectivity index (χ4n) is 2.50. The fourth-order valence-corrected chi connectivity index (χ4v) is 2.62. The van der Waals surface area contributed by atoms with Crippen LogP contribution in [0, 0.1) is 6.92 Å². The minimum Gasteiger partial charge on any atom is -0.497 e. The van der Waals surface area contributed by atoms with Crippen molar-refractivity contribution in [2.45, 2.75) is 13.5 Å². The van der Waals surface area contributed by atoms with Gasteiger partial charge in [-0.15, -0.1) is 0 Å². The van der Waals surface area contributed by atoms with Crippen LogP contribution >= 0.6 is 11.6 Å². The van der Waals surface area contributed by atoms with Gasteiger partial charge in [0.25, 0.3) is 0 Å². The third-order valence-corrected chi connectivity index (χ3v) is 3.81. The Balaban J connectivity index is 2.01. The van der Waals surface area contributed by atoms with Gasteiger partial charge in [0.05, 0.1) is 7.11 Å². The molecule has 0 saturated carbocycles. The number of methoxy groups -OCH3 is 1. The number of rotatable bonds is 3. The van der Waals surface area contributed by atoms with Crippen molar-refractivity contribution < 1.29 is 4.74 Å². The van der Waals surface area contributed by atoms with E-state index < -0.39 is 0 Å². The monoisotopic (exact) mass is 285 g/mol. The fraction of sp³-hybridized carbons (Fsp3) is 0.176. The van der Waals surface area contributed by atoms with Crippen molar-refractivity contribution in [3.05, 3.63) is 64.8 Å². The average Bonchev–Trinajstić information content (AvgIpc) is 2.77. The highest BCUT2D eigenvalue weighted by atomic mass is 35.5. The Hall–Kier alpha value is -1.93. The predicted octanol–water partition coefficient (Wildman–Crippen LogP) is 4.66. The highest BCUT2D eigenvalue weighted by Crippen LogP contribution is 2.26. The molecule has 0 spiro atoms. The van der Waals surface area contributed by atoms with Crippen LogP contribution in [0.4, 0.5) is 0 Å². The second-order valence-electron chi connectivity index (χ2n) is 4.95. The van der Waals surface area contributed by atoms with Gasteiger partial charge in [-0.2, -0.15) is 0 Å². The van der Waals surface area contributed by atoms with E-state index >= 15 is 0 Å². The van der Waals surface area contributed by atoms with Gasteiger partial charge in [-0.3, -0.25) is 0 Å². The van der Waals surface area contributed by atoms with E-state index in [9.17, 15) is 0 Å². The average molecular weight is 286 g/mol.